The fraction of sp³-hybridized carbons (Fsp3) is 0.938. The van der Waals surface area contributed by atoms with Crippen LogP contribution in [-0.4, -0.2) is 42.6 Å². The number of nitrogens with zero attached hydrogens (tertiary/aromatic N) is 1. The lowest BCUT2D eigenvalue weighted by Crippen LogP contribution is -2.40. The number of carbonyl (C=O) groups excluding carboxylic acids is 1. The van der Waals surface area contributed by atoms with Crippen molar-refractivity contribution in [2.45, 2.75) is 71.4 Å². The second-order valence-corrected chi connectivity index (χ2v) is 6.30. The predicted octanol–water partition coefficient (Wildman–Crippen LogP) is 2.56. The van der Waals surface area contributed by atoms with E-state index in [4.69, 9.17) is 10.5 Å². The molecule has 1 rings (SSSR count). The first kappa shape index (κ1) is 17.4. The Morgan fingerprint density at radius 3 is 2.40 bits per heavy atom. The van der Waals surface area contributed by atoms with Gasteiger partial charge in [-0.1, -0.05) is 26.7 Å². The molecular formula is C16H32N2O2. The van der Waals surface area contributed by atoms with Crippen molar-refractivity contribution in [2.24, 2.45) is 11.7 Å². The molecule has 1 fully saturated rings. The lowest BCUT2D eigenvalue weighted by atomic mass is 10.1. The van der Waals surface area contributed by atoms with Crippen molar-refractivity contribution in [2.75, 3.05) is 19.7 Å². The van der Waals surface area contributed by atoms with Crippen LogP contribution in [-0.2, 0) is 9.53 Å². The zero-order chi connectivity index (χ0) is 15.0. The van der Waals surface area contributed by atoms with Crippen LogP contribution in [0.2, 0.25) is 0 Å². The van der Waals surface area contributed by atoms with Crippen LogP contribution in [0.4, 0.5) is 0 Å². The van der Waals surface area contributed by atoms with Gasteiger partial charge in [-0.3, -0.25) is 4.79 Å². The molecule has 2 N–H and O–H groups in total. The minimum absolute atomic E-state index is 0.261. The Hall–Kier alpha value is -0.610. The maximum atomic E-state index is 11.6. The van der Waals surface area contributed by atoms with Crippen molar-refractivity contribution in [3.63, 3.8) is 0 Å². The Labute approximate surface area is 124 Å². The van der Waals surface area contributed by atoms with E-state index >= 15 is 0 Å². The van der Waals surface area contributed by atoms with Gasteiger partial charge in [-0.2, -0.15) is 0 Å². The summed E-state index contributed by atoms with van der Waals surface area (Å²) in [4.78, 5) is 14.1. The first-order valence-corrected chi connectivity index (χ1v) is 8.20. The van der Waals surface area contributed by atoms with E-state index in [-0.39, 0.29) is 5.97 Å². The molecule has 0 bridgehead atoms. The van der Waals surface area contributed by atoms with Crippen molar-refractivity contribution in [3.8, 4) is 0 Å². The molecule has 1 unspecified atom stereocenters. The van der Waals surface area contributed by atoms with E-state index in [1.807, 2.05) is 6.92 Å². The molecule has 1 aliphatic rings. The quantitative estimate of drug-likeness (QED) is 0.661. The maximum Gasteiger partial charge on any atom is 0.322 e. The number of hydrogen-bond acceptors (Lipinski definition) is 4. The van der Waals surface area contributed by atoms with Crippen molar-refractivity contribution < 1.29 is 9.53 Å². The average molecular weight is 284 g/mol. The van der Waals surface area contributed by atoms with E-state index in [1.165, 1.54) is 32.1 Å². The zero-order valence-corrected chi connectivity index (χ0v) is 13.4. The van der Waals surface area contributed by atoms with Crippen molar-refractivity contribution in [1.29, 1.82) is 0 Å². The summed E-state index contributed by atoms with van der Waals surface area (Å²) in [7, 11) is 0. The predicted molar refractivity (Wildman–Crippen MR) is 82.5 cm³/mol. The Morgan fingerprint density at radius 2 is 1.85 bits per heavy atom. The van der Waals surface area contributed by atoms with E-state index in [0.717, 1.165) is 19.0 Å². The van der Waals surface area contributed by atoms with Gasteiger partial charge in [-0.05, 0) is 45.1 Å². The number of rotatable bonds is 9. The summed E-state index contributed by atoms with van der Waals surface area (Å²) in [5, 5.41) is 0. The minimum Gasteiger partial charge on any atom is -0.465 e. The Kier molecular flexibility index (Phi) is 8.15. The van der Waals surface area contributed by atoms with Gasteiger partial charge in [0.05, 0.1) is 6.61 Å². The second-order valence-electron chi connectivity index (χ2n) is 6.30. The molecule has 0 aromatic rings. The normalized spacial score (nSPS) is 17.9. The van der Waals surface area contributed by atoms with Crippen LogP contribution >= 0.6 is 0 Å². The Morgan fingerprint density at radius 1 is 1.25 bits per heavy atom. The van der Waals surface area contributed by atoms with Crippen LogP contribution in [0.5, 0.6) is 0 Å². The SMILES string of the molecule is CCOC(=O)C(N)CCN(CCC(C)C)C1CCCC1. The van der Waals surface area contributed by atoms with Gasteiger partial charge >= 0.3 is 5.97 Å². The summed E-state index contributed by atoms with van der Waals surface area (Å²) in [6.45, 7) is 8.79. The molecule has 1 aliphatic carbocycles. The number of ether oxygens (including phenoxy) is 1. The molecule has 0 aromatic carbocycles. The van der Waals surface area contributed by atoms with Crippen LogP contribution in [0.15, 0.2) is 0 Å². The highest BCUT2D eigenvalue weighted by Crippen LogP contribution is 2.24. The highest BCUT2D eigenvalue weighted by Gasteiger charge is 2.24. The third kappa shape index (κ3) is 6.23. The smallest absolute Gasteiger partial charge is 0.322 e. The van der Waals surface area contributed by atoms with E-state index in [9.17, 15) is 4.79 Å². The molecule has 0 aliphatic heterocycles. The van der Waals surface area contributed by atoms with E-state index in [1.54, 1.807) is 0 Å². The van der Waals surface area contributed by atoms with Crippen LogP contribution in [0, 0.1) is 5.92 Å². The van der Waals surface area contributed by atoms with Gasteiger partial charge in [0.1, 0.15) is 6.04 Å². The highest BCUT2D eigenvalue weighted by atomic mass is 16.5. The fourth-order valence-electron chi connectivity index (χ4n) is 2.84. The standard InChI is InChI=1S/C16H32N2O2/c1-4-20-16(19)15(17)10-12-18(11-9-13(2)3)14-7-5-6-8-14/h13-15H,4-12,17H2,1-3H3. The topological polar surface area (TPSA) is 55.6 Å². The third-order valence-corrected chi connectivity index (χ3v) is 4.15. The van der Waals surface area contributed by atoms with Gasteiger partial charge in [0.15, 0.2) is 0 Å². The molecule has 4 heteroatoms. The fourth-order valence-corrected chi connectivity index (χ4v) is 2.84. The monoisotopic (exact) mass is 284 g/mol. The lowest BCUT2D eigenvalue weighted by molar-refractivity contribution is -0.144. The van der Waals surface area contributed by atoms with Crippen LogP contribution in [0.25, 0.3) is 0 Å². The third-order valence-electron chi connectivity index (χ3n) is 4.15. The molecule has 0 heterocycles. The second kappa shape index (κ2) is 9.35. The zero-order valence-electron chi connectivity index (χ0n) is 13.4. The lowest BCUT2D eigenvalue weighted by Gasteiger charge is -2.30. The molecule has 1 saturated carbocycles. The Balaban J connectivity index is 2.40. The molecular weight excluding hydrogens is 252 g/mol. The number of nitrogens with two attached hydrogens (primary N) is 1. The van der Waals surface area contributed by atoms with Gasteiger partial charge < -0.3 is 15.4 Å². The van der Waals surface area contributed by atoms with Gasteiger partial charge in [0, 0.05) is 12.6 Å². The summed E-state index contributed by atoms with van der Waals surface area (Å²) >= 11 is 0. The molecule has 1 atom stereocenters. The average Bonchev–Trinajstić information content (AvgIpc) is 2.92. The molecule has 0 saturated heterocycles. The van der Waals surface area contributed by atoms with Gasteiger partial charge in [0.2, 0.25) is 0 Å². The number of carbonyl (C=O) groups is 1. The first-order valence-electron chi connectivity index (χ1n) is 8.20. The van der Waals surface area contributed by atoms with Crippen molar-refractivity contribution >= 4 is 5.97 Å². The summed E-state index contributed by atoms with van der Waals surface area (Å²) in [6.07, 6.45) is 7.19. The minimum atomic E-state index is -0.474. The van der Waals surface area contributed by atoms with E-state index in [2.05, 4.69) is 18.7 Å². The highest BCUT2D eigenvalue weighted by molar-refractivity contribution is 5.75. The molecule has 4 nitrogen and oxygen atoms in total. The van der Waals surface area contributed by atoms with Crippen molar-refractivity contribution in [3.05, 3.63) is 0 Å². The Bertz CT molecular complexity index is 276. The molecule has 0 aromatic heterocycles. The van der Waals surface area contributed by atoms with Gasteiger partial charge in [-0.15, -0.1) is 0 Å². The summed E-state index contributed by atoms with van der Waals surface area (Å²) in [5.41, 5.74) is 5.91. The van der Waals surface area contributed by atoms with Gasteiger partial charge in [0.25, 0.3) is 0 Å². The van der Waals surface area contributed by atoms with Crippen LogP contribution in [0.3, 0.4) is 0 Å². The van der Waals surface area contributed by atoms with E-state index < -0.39 is 6.04 Å². The first-order chi connectivity index (χ1) is 9.54. The van der Waals surface area contributed by atoms with Crippen molar-refractivity contribution in [1.82, 2.24) is 4.90 Å². The molecule has 118 valence electrons. The maximum absolute atomic E-state index is 11.6. The summed E-state index contributed by atoms with van der Waals surface area (Å²) < 4.78 is 4.98. The summed E-state index contributed by atoms with van der Waals surface area (Å²) in [6, 6.07) is 0.223. The van der Waals surface area contributed by atoms with Crippen LogP contribution in [0.1, 0.15) is 59.3 Å². The number of hydrogen-bond donors (Lipinski definition) is 1. The van der Waals surface area contributed by atoms with Gasteiger partial charge in [-0.25, -0.2) is 0 Å². The number of esters is 1. The summed E-state index contributed by atoms with van der Waals surface area (Å²) in [5.74, 6) is 0.459. The molecule has 0 amide bonds. The molecule has 0 radical (unpaired) electrons. The largest absolute Gasteiger partial charge is 0.465 e. The van der Waals surface area contributed by atoms with E-state index in [0.29, 0.717) is 19.1 Å². The van der Waals surface area contributed by atoms with Crippen LogP contribution < -0.4 is 5.73 Å². The molecule has 0 spiro atoms. The molecule has 20 heavy (non-hydrogen) atoms.